The number of benzene rings is 3. The van der Waals surface area contributed by atoms with Crippen molar-refractivity contribution in [2.75, 3.05) is 31.2 Å². The number of rotatable bonds is 5. The number of hydrogen-bond donors (Lipinski definition) is 0. The van der Waals surface area contributed by atoms with E-state index in [9.17, 15) is 14.9 Å². The van der Waals surface area contributed by atoms with E-state index in [1.807, 2.05) is 65.6 Å². The van der Waals surface area contributed by atoms with Gasteiger partial charge in [-0.25, -0.2) is 4.98 Å². The van der Waals surface area contributed by atoms with E-state index in [0.29, 0.717) is 54.8 Å². The Morgan fingerprint density at radius 3 is 2.06 bits per heavy atom. The minimum absolute atomic E-state index is 0.0334. The van der Waals surface area contributed by atoms with Crippen molar-refractivity contribution in [1.82, 2.24) is 9.55 Å². The summed E-state index contributed by atoms with van der Waals surface area (Å²) in [6, 6.07) is 25.0. The van der Waals surface area contributed by atoms with Crippen LogP contribution in [-0.2, 0) is 4.74 Å². The van der Waals surface area contributed by atoms with Crippen molar-refractivity contribution in [1.29, 1.82) is 0 Å². The lowest BCUT2D eigenvalue weighted by Gasteiger charge is -2.30. The molecule has 170 valence electrons. The van der Waals surface area contributed by atoms with Crippen molar-refractivity contribution in [2.45, 2.75) is 0 Å². The minimum atomic E-state index is -0.453. The quantitative estimate of drug-likeness (QED) is 0.330. The third-order valence-electron chi connectivity index (χ3n) is 5.79. The minimum Gasteiger partial charge on any atom is -0.378 e. The molecule has 0 saturated carbocycles. The molecular weight excluding hydrogens is 432 g/mol. The number of nitro benzene ring substituents is 1. The van der Waals surface area contributed by atoms with Crippen LogP contribution in [0.4, 0.5) is 11.5 Å². The first-order valence-corrected chi connectivity index (χ1v) is 11.0. The average molecular weight is 454 g/mol. The van der Waals surface area contributed by atoms with Crippen LogP contribution in [0.2, 0.25) is 0 Å². The molecule has 3 aromatic carbocycles. The summed E-state index contributed by atoms with van der Waals surface area (Å²) in [5.74, 6) is 1.08. The van der Waals surface area contributed by atoms with Crippen LogP contribution in [0.1, 0.15) is 0 Å². The topological polar surface area (TPSA) is 90.5 Å². The zero-order chi connectivity index (χ0) is 23.5. The van der Waals surface area contributed by atoms with Gasteiger partial charge in [0.1, 0.15) is 11.6 Å². The highest BCUT2D eigenvalue weighted by atomic mass is 16.6. The molecule has 0 N–H and O–H groups in total. The monoisotopic (exact) mass is 454 g/mol. The fourth-order valence-electron chi connectivity index (χ4n) is 4.11. The highest BCUT2D eigenvalue weighted by Crippen LogP contribution is 2.32. The molecular formula is C26H22N4O4. The van der Waals surface area contributed by atoms with Crippen LogP contribution in [0.15, 0.2) is 89.7 Å². The number of anilines is 1. The molecule has 1 aliphatic rings. The molecule has 0 spiro atoms. The van der Waals surface area contributed by atoms with Crippen LogP contribution in [-0.4, -0.2) is 40.8 Å². The first-order chi connectivity index (χ1) is 16.6. The number of ether oxygens (including phenoxy) is 1. The van der Waals surface area contributed by atoms with Gasteiger partial charge in [0.2, 0.25) is 0 Å². The summed E-state index contributed by atoms with van der Waals surface area (Å²) in [5, 5.41) is 11.2. The normalized spacial score (nSPS) is 13.6. The average Bonchev–Trinajstić information content (AvgIpc) is 2.89. The molecule has 34 heavy (non-hydrogen) atoms. The van der Waals surface area contributed by atoms with Crippen LogP contribution in [0.3, 0.4) is 0 Å². The predicted molar refractivity (Wildman–Crippen MR) is 130 cm³/mol. The summed E-state index contributed by atoms with van der Waals surface area (Å²) in [7, 11) is 0. The molecule has 1 aliphatic heterocycles. The van der Waals surface area contributed by atoms with E-state index in [1.54, 1.807) is 16.7 Å². The predicted octanol–water partition coefficient (Wildman–Crippen LogP) is 4.31. The molecule has 0 amide bonds. The molecule has 2 heterocycles. The van der Waals surface area contributed by atoms with Gasteiger partial charge < -0.3 is 9.64 Å². The first kappa shape index (κ1) is 21.5. The smallest absolute Gasteiger partial charge is 0.269 e. The number of aromatic nitrogens is 2. The van der Waals surface area contributed by atoms with Gasteiger partial charge in [0.25, 0.3) is 11.2 Å². The summed E-state index contributed by atoms with van der Waals surface area (Å²) in [6.07, 6.45) is 0. The van der Waals surface area contributed by atoms with Crippen molar-refractivity contribution in [3.8, 4) is 28.2 Å². The van der Waals surface area contributed by atoms with Crippen LogP contribution in [0, 0.1) is 10.1 Å². The van der Waals surface area contributed by atoms with Gasteiger partial charge in [0, 0.05) is 30.8 Å². The number of non-ortho nitro benzene ring substituents is 1. The van der Waals surface area contributed by atoms with Crippen molar-refractivity contribution >= 4 is 11.5 Å². The third-order valence-corrected chi connectivity index (χ3v) is 5.79. The molecule has 0 unspecified atom stereocenters. The lowest BCUT2D eigenvalue weighted by Crippen LogP contribution is -2.39. The van der Waals surface area contributed by atoms with E-state index < -0.39 is 4.92 Å². The molecule has 8 heteroatoms. The summed E-state index contributed by atoms with van der Waals surface area (Å²) in [5.41, 5.74) is 2.21. The van der Waals surface area contributed by atoms with Gasteiger partial charge in [-0.2, -0.15) is 0 Å². The summed E-state index contributed by atoms with van der Waals surface area (Å²) >= 11 is 0. The molecule has 0 aliphatic carbocycles. The Morgan fingerprint density at radius 1 is 0.824 bits per heavy atom. The molecule has 1 saturated heterocycles. The zero-order valence-corrected chi connectivity index (χ0v) is 18.3. The van der Waals surface area contributed by atoms with Crippen LogP contribution >= 0.6 is 0 Å². The van der Waals surface area contributed by atoms with Gasteiger partial charge in [-0.05, 0) is 29.8 Å². The van der Waals surface area contributed by atoms with Gasteiger partial charge >= 0.3 is 0 Å². The van der Waals surface area contributed by atoms with E-state index in [4.69, 9.17) is 9.72 Å². The number of morpholine rings is 1. The maximum atomic E-state index is 14.2. The second kappa shape index (κ2) is 9.29. The van der Waals surface area contributed by atoms with E-state index in [0.717, 1.165) is 5.56 Å². The van der Waals surface area contributed by atoms with Crippen molar-refractivity contribution in [2.24, 2.45) is 0 Å². The Hall–Kier alpha value is -4.30. The SMILES string of the molecule is O=c1c(-c2ccc([N+](=O)[O-])cc2)c(N2CCOCC2)nc(-c2ccccc2)n1-c1ccccc1. The number of hydrogen-bond acceptors (Lipinski definition) is 6. The second-order valence-electron chi connectivity index (χ2n) is 7.88. The van der Waals surface area contributed by atoms with Crippen molar-refractivity contribution in [3.05, 3.63) is 105 Å². The van der Waals surface area contributed by atoms with Crippen LogP contribution in [0.25, 0.3) is 28.2 Å². The molecule has 5 rings (SSSR count). The van der Waals surface area contributed by atoms with Gasteiger partial charge in [-0.1, -0.05) is 48.5 Å². The zero-order valence-electron chi connectivity index (χ0n) is 18.3. The lowest BCUT2D eigenvalue weighted by atomic mass is 10.1. The second-order valence-corrected chi connectivity index (χ2v) is 7.88. The van der Waals surface area contributed by atoms with Crippen LogP contribution < -0.4 is 10.5 Å². The fraction of sp³-hybridized carbons (Fsp3) is 0.154. The molecule has 1 aromatic heterocycles. The van der Waals surface area contributed by atoms with E-state index in [-0.39, 0.29) is 11.2 Å². The van der Waals surface area contributed by atoms with Gasteiger partial charge in [-0.15, -0.1) is 0 Å². The fourth-order valence-corrected chi connectivity index (χ4v) is 4.11. The molecule has 4 aromatic rings. The van der Waals surface area contributed by atoms with E-state index in [2.05, 4.69) is 0 Å². The Labute approximate surface area is 195 Å². The molecule has 0 radical (unpaired) electrons. The molecule has 8 nitrogen and oxygen atoms in total. The van der Waals surface area contributed by atoms with Gasteiger partial charge in [0.15, 0.2) is 0 Å². The van der Waals surface area contributed by atoms with Gasteiger partial charge in [0.05, 0.1) is 29.4 Å². The Morgan fingerprint density at radius 2 is 1.44 bits per heavy atom. The summed E-state index contributed by atoms with van der Waals surface area (Å²) in [4.78, 5) is 32.0. The Balaban J connectivity index is 1.82. The Kier molecular flexibility index (Phi) is 5.88. The molecule has 0 bridgehead atoms. The van der Waals surface area contributed by atoms with E-state index in [1.165, 1.54) is 12.1 Å². The number of nitro groups is 1. The van der Waals surface area contributed by atoms with Crippen molar-refractivity contribution in [3.63, 3.8) is 0 Å². The standard InChI is InChI=1S/C26H22N4O4/c31-26-23(19-11-13-22(14-12-19)30(32)33)25(28-15-17-34-18-16-28)27-24(20-7-3-1-4-8-20)29(26)21-9-5-2-6-10-21/h1-14H,15-18H2. The number of para-hydroxylation sites is 1. The first-order valence-electron chi connectivity index (χ1n) is 11.0. The maximum Gasteiger partial charge on any atom is 0.269 e. The Bertz CT molecular complexity index is 1360. The number of nitrogens with zero attached hydrogens (tertiary/aromatic N) is 4. The largest absolute Gasteiger partial charge is 0.378 e. The lowest BCUT2D eigenvalue weighted by molar-refractivity contribution is -0.384. The van der Waals surface area contributed by atoms with Crippen molar-refractivity contribution < 1.29 is 9.66 Å². The highest BCUT2D eigenvalue weighted by Gasteiger charge is 2.25. The third kappa shape index (κ3) is 4.06. The van der Waals surface area contributed by atoms with Crippen LogP contribution in [0.5, 0.6) is 0 Å². The highest BCUT2D eigenvalue weighted by molar-refractivity contribution is 5.78. The van der Waals surface area contributed by atoms with Gasteiger partial charge in [-0.3, -0.25) is 19.5 Å². The summed E-state index contributed by atoms with van der Waals surface area (Å²) in [6.45, 7) is 2.25. The van der Waals surface area contributed by atoms with E-state index >= 15 is 0 Å². The maximum absolute atomic E-state index is 14.2. The summed E-state index contributed by atoms with van der Waals surface area (Å²) < 4.78 is 7.13. The molecule has 1 fully saturated rings. The molecule has 0 atom stereocenters.